The molecule has 0 aliphatic carbocycles. The van der Waals surface area contributed by atoms with Gasteiger partial charge in [0.05, 0.1) is 49.1 Å². The lowest BCUT2D eigenvalue weighted by Gasteiger charge is -2.27. The maximum atomic E-state index is 13.6. The SMILES string of the molecule is COc1ccc(Cn2ncc3cc(C=C4SC(=O)N(CCN5CCOCC5)C4=O)ccc32)c(C(F)(F)F)c1. The number of carbonyl (C=O) groups excluding carboxylic acids is 2. The molecule has 0 spiro atoms. The van der Waals surface area contributed by atoms with E-state index in [-0.39, 0.29) is 29.0 Å². The number of methoxy groups -OCH3 is 1. The zero-order valence-corrected chi connectivity index (χ0v) is 21.3. The largest absolute Gasteiger partial charge is 0.497 e. The van der Waals surface area contributed by atoms with Crippen molar-refractivity contribution in [2.45, 2.75) is 12.7 Å². The smallest absolute Gasteiger partial charge is 0.416 e. The summed E-state index contributed by atoms with van der Waals surface area (Å²) in [6.45, 7) is 3.67. The van der Waals surface area contributed by atoms with E-state index >= 15 is 0 Å². The Bertz CT molecular complexity index is 1400. The maximum Gasteiger partial charge on any atom is 0.416 e. The quantitative estimate of drug-likeness (QED) is 0.405. The minimum absolute atomic E-state index is 0.0677. The van der Waals surface area contributed by atoms with E-state index in [9.17, 15) is 22.8 Å². The molecule has 2 aliphatic heterocycles. The molecule has 1 aromatic heterocycles. The zero-order chi connectivity index (χ0) is 26.9. The molecule has 200 valence electrons. The van der Waals surface area contributed by atoms with Crippen LogP contribution in [0.15, 0.2) is 47.5 Å². The number of alkyl halides is 3. The predicted octanol–water partition coefficient (Wildman–Crippen LogP) is 4.48. The standard InChI is InChI=1S/C26H25F3N4O4S/c1-36-20-4-3-18(21(14-20)26(27,28)29)16-33-22-5-2-17(12-19(22)15-30-33)13-23-24(34)32(25(35)38-23)7-6-31-8-10-37-11-9-31/h2-5,12-15H,6-11,16H2,1H3. The lowest BCUT2D eigenvalue weighted by Crippen LogP contribution is -2.42. The highest BCUT2D eigenvalue weighted by atomic mass is 32.2. The minimum atomic E-state index is -4.54. The van der Waals surface area contributed by atoms with E-state index in [2.05, 4.69) is 10.00 Å². The third-order valence-corrected chi connectivity index (χ3v) is 7.43. The Labute approximate surface area is 221 Å². The highest BCUT2D eigenvalue weighted by Crippen LogP contribution is 2.36. The van der Waals surface area contributed by atoms with Crippen molar-refractivity contribution in [3.8, 4) is 5.75 Å². The molecule has 2 aromatic carbocycles. The van der Waals surface area contributed by atoms with Gasteiger partial charge in [-0.3, -0.25) is 24.1 Å². The number of imide groups is 1. The van der Waals surface area contributed by atoms with Gasteiger partial charge in [-0.2, -0.15) is 18.3 Å². The Morgan fingerprint density at radius 1 is 1.11 bits per heavy atom. The van der Waals surface area contributed by atoms with Gasteiger partial charge < -0.3 is 9.47 Å². The number of halogens is 3. The molecule has 38 heavy (non-hydrogen) atoms. The summed E-state index contributed by atoms with van der Waals surface area (Å²) in [5.41, 5.74) is 0.625. The fourth-order valence-corrected chi connectivity index (χ4v) is 5.34. The first-order chi connectivity index (χ1) is 18.2. The summed E-state index contributed by atoms with van der Waals surface area (Å²) in [4.78, 5) is 29.1. The van der Waals surface area contributed by atoms with Gasteiger partial charge in [-0.1, -0.05) is 12.1 Å². The van der Waals surface area contributed by atoms with E-state index < -0.39 is 11.7 Å². The summed E-state index contributed by atoms with van der Waals surface area (Å²) >= 11 is 0.900. The number of ether oxygens (including phenoxy) is 2. The van der Waals surface area contributed by atoms with Crippen molar-refractivity contribution in [1.29, 1.82) is 0 Å². The van der Waals surface area contributed by atoms with Gasteiger partial charge in [-0.25, -0.2) is 0 Å². The molecule has 2 saturated heterocycles. The van der Waals surface area contributed by atoms with Crippen LogP contribution in [0, 0.1) is 0 Å². The molecule has 3 heterocycles. The van der Waals surface area contributed by atoms with Crippen molar-refractivity contribution in [3.63, 3.8) is 0 Å². The number of nitrogens with zero attached hydrogens (tertiary/aromatic N) is 4. The minimum Gasteiger partial charge on any atom is -0.497 e. The van der Waals surface area contributed by atoms with E-state index in [1.165, 1.54) is 28.8 Å². The van der Waals surface area contributed by atoms with Crippen molar-refractivity contribution in [2.24, 2.45) is 0 Å². The lowest BCUT2D eigenvalue weighted by molar-refractivity contribution is -0.138. The van der Waals surface area contributed by atoms with Crippen LogP contribution >= 0.6 is 11.8 Å². The number of fused-ring (bicyclic) bond motifs is 1. The van der Waals surface area contributed by atoms with Crippen LogP contribution in [-0.4, -0.2) is 77.2 Å². The summed E-state index contributed by atoms with van der Waals surface area (Å²) in [6, 6.07) is 9.14. The third kappa shape index (κ3) is 5.57. The van der Waals surface area contributed by atoms with Gasteiger partial charge in [0.15, 0.2) is 0 Å². The molecule has 0 radical (unpaired) electrons. The van der Waals surface area contributed by atoms with Crippen LogP contribution in [-0.2, 0) is 22.3 Å². The number of aromatic nitrogens is 2. The van der Waals surface area contributed by atoms with Gasteiger partial charge in [-0.05, 0) is 53.2 Å². The van der Waals surface area contributed by atoms with Crippen LogP contribution in [0.25, 0.3) is 17.0 Å². The lowest BCUT2D eigenvalue weighted by atomic mass is 10.1. The van der Waals surface area contributed by atoms with E-state index in [4.69, 9.17) is 9.47 Å². The van der Waals surface area contributed by atoms with Crippen LogP contribution < -0.4 is 4.74 Å². The molecule has 8 nitrogen and oxygen atoms in total. The molecule has 2 amide bonds. The van der Waals surface area contributed by atoms with E-state index in [0.29, 0.717) is 47.7 Å². The second-order valence-electron chi connectivity index (χ2n) is 8.93. The summed E-state index contributed by atoms with van der Waals surface area (Å²) in [7, 11) is 1.32. The van der Waals surface area contributed by atoms with Crippen molar-refractivity contribution in [1.82, 2.24) is 19.6 Å². The Hall–Kier alpha value is -3.35. The summed E-state index contributed by atoms with van der Waals surface area (Å²) in [5.74, 6) is -0.204. The average Bonchev–Trinajstić information content (AvgIpc) is 3.42. The number of amides is 2. The summed E-state index contributed by atoms with van der Waals surface area (Å²) < 4.78 is 52.7. The molecule has 0 saturated carbocycles. The number of hydrogen-bond donors (Lipinski definition) is 0. The van der Waals surface area contributed by atoms with Gasteiger partial charge >= 0.3 is 6.18 Å². The number of carbonyl (C=O) groups is 2. The molecule has 5 rings (SSSR count). The second kappa shape index (κ2) is 10.8. The molecule has 3 aromatic rings. The van der Waals surface area contributed by atoms with E-state index in [1.807, 2.05) is 0 Å². The van der Waals surface area contributed by atoms with Crippen LogP contribution in [0.2, 0.25) is 0 Å². The normalized spacial score (nSPS) is 18.2. The number of morpholine rings is 1. The van der Waals surface area contributed by atoms with Gasteiger partial charge in [0, 0.05) is 31.6 Å². The van der Waals surface area contributed by atoms with Gasteiger partial charge in [0.2, 0.25) is 0 Å². The number of thioether (sulfide) groups is 1. The molecule has 0 N–H and O–H groups in total. The van der Waals surface area contributed by atoms with Crippen molar-refractivity contribution in [3.05, 3.63) is 64.2 Å². The highest BCUT2D eigenvalue weighted by Gasteiger charge is 2.35. The van der Waals surface area contributed by atoms with Crippen molar-refractivity contribution >= 4 is 39.9 Å². The van der Waals surface area contributed by atoms with E-state index in [1.54, 1.807) is 30.5 Å². The first-order valence-corrected chi connectivity index (χ1v) is 12.8. The van der Waals surface area contributed by atoms with Gasteiger partial charge in [0.1, 0.15) is 5.75 Å². The Kier molecular flexibility index (Phi) is 7.46. The zero-order valence-electron chi connectivity index (χ0n) is 20.5. The summed E-state index contributed by atoms with van der Waals surface area (Å²) in [6.07, 6.45) is -1.32. The van der Waals surface area contributed by atoms with Crippen LogP contribution in [0.4, 0.5) is 18.0 Å². The Balaban J connectivity index is 1.32. The molecular weight excluding hydrogens is 521 g/mol. The van der Waals surface area contributed by atoms with Gasteiger partial charge in [-0.15, -0.1) is 0 Å². The summed E-state index contributed by atoms with van der Waals surface area (Å²) in [5, 5.41) is 4.69. The monoisotopic (exact) mass is 546 g/mol. The third-order valence-electron chi connectivity index (χ3n) is 6.52. The van der Waals surface area contributed by atoms with Crippen molar-refractivity contribution in [2.75, 3.05) is 46.5 Å². The van der Waals surface area contributed by atoms with Gasteiger partial charge in [0.25, 0.3) is 11.1 Å². The highest BCUT2D eigenvalue weighted by molar-refractivity contribution is 8.18. The topological polar surface area (TPSA) is 76.9 Å². The Morgan fingerprint density at radius 3 is 2.63 bits per heavy atom. The fourth-order valence-electron chi connectivity index (χ4n) is 4.48. The molecule has 0 unspecified atom stereocenters. The molecule has 0 atom stereocenters. The molecule has 2 fully saturated rings. The average molecular weight is 547 g/mol. The van der Waals surface area contributed by atoms with Crippen molar-refractivity contribution < 1.29 is 32.2 Å². The fraction of sp³-hybridized carbons (Fsp3) is 0.346. The van der Waals surface area contributed by atoms with Crippen LogP contribution in [0.1, 0.15) is 16.7 Å². The number of rotatable bonds is 7. The van der Waals surface area contributed by atoms with E-state index in [0.717, 1.165) is 30.9 Å². The first-order valence-electron chi connectivity index (χ1n) is 12.0. The molecule has 2 aliphatic rings. The molecule has 0 bridgehead atoms. The number of benzene rings is 2. The second-order valence-corrected chi connectivity index (χ2v) is 9.92. The van der Waals surface area contributed by atoms with Crippen LogP contribution in [0.5, 0.6) is 5.75 Å². The first kappa shape index (κ1) is 26.3. The molecule has 12 heteroatoms. The predicted molar refractivity (Wildman–Crippen MR) is 137 cm³/mol. The molecular formula is C26H25F3N4O4S. The number of hydrogen-bond acceptors (Lipinski definition) is 7. The maximum absolute atomic E-state index is 13.6. The Morgan fingerprint density at radius 2 is 1.89 bits per heavy atom. The van der Waals surface area contributed by atoms with Crippen LogP contribution in [0.3, 0.4) is 0 Å².